The second kappa shape index (κ2) is 6.57. The van der Waals surface area contributed by atoms with Gasteiger partial charge >= 0.3 is 5.92 Å². The lowest BCUT2D eigenvalue weighted by molar-refractivity contribution is -0.215. The predicted octanol–water partition coefficient (Wildman–Crippen LogP) is 1.22. The molecule has 0 radical (unpaired) electrons. The average molecular weight is 330 g/mol. The number of amides is 2. The van der Waals surface area contributed by atoms with Crippen LogP contribution in [0.1, 0.15) is 29.6 Å². The molecule has 0 spiro atoms. The van der Waals surface area contributed by atoms with Crippen molar-refractivity contribution in [2.75, 3.05) is 13.1 Å². The van der Waals surface area contributed by atoms with Crippen LogP contribution in [0.25, 0.3) is 0 Å². The number of carbonyl (C=O) groups is 2. The lowest BCUT2D eigenvalue weighted by atomic mass is 9.75. The molecule has 0 heterocycles. The van der Waals surface area contributed by atoms with Gasteiger partial charge in [-0.25, -0.2) is 4.39 Å². The van der Waals surface area contributed by atoms with Crippen molar-refractivity contribution in [3.05, 3.63) is 35.6 Å². The van der Waals surface area contributed by atoms with Gasteiger partial charge in [-0.2, -0.15) is 8.78 Å². The van der Waals surface area contributed by atoms with Crippen LogP contribution in [0.5, 0.6) is 0 Å². The minimum absolute atomic E-state index is 0.128. The lowest BCUT2D eigenvalue weighted by Gasteiger charge is -2.41. The number of benzene rings is 1. The summed E-state index contributed by atoms with van der Waals surface area (Å²) in [6.07, 6.45) is 0.187. The van der Waals surface area contributed by atoms with Crippen molar-refractivity contribution < 1.29 is 27.9 Å². The number of alkyl halides is 2. The largest absolute Gasteiger partial charge is 0.383 e. The molecule has 5 nitrogen and oxygen atoms in total. The monoisotopic (exact) mass is 330 g/mol. The van der Waals surface area contributed by atoms with E-state index in [4.69, 9.17) is 0 Å². The highest BCUT2D eigenvalue weighted by molar-refractivity contribution is 5.94. The summed E-state index contributed by atoms with van der Waals surface area (Å²) in [5, 5.41) is 13.9. The summed E-state index contributed by atoms with van der Waals surface area (Å²) < 4.78 is 40.9. The second-order valence-corrected chi connectivity index (χ2v) is 5.45. The molecule has 23 heavy (non-hydrogen) atoms. The van der Waals surface area contributed by atoms with Gasteiger partial charge in [-0.3, -0.25) is 9.59 Å². The molecule has 1 saturated carbocycles. The highest BCUT2D eigenvalue weighted by atomic mass is 19.3. The van der Waals surface area contributed by atoms with Crippen molar-refractivity contribution in [2.24, 2.45) is 0 Å². The molecule has 0 aliphatic heterocycles. The van der Waals surface area contributed by atoms with Crippen LogP contribution in [0, 0.1) is 5.82 Å². The van der Waals surface area contributed by atoms with Gasteiger partial charge < -0.3 is 15.7 Å². The van der Waals surface area contributed by atoms with Crippen LogP contribution >= 0.6 is 0 Å². The third-order valence-electron chi connectivity index (χ3n) is 3.86. The van der Waals surface area contributed by atoms with Gasteiger partial charge in [-0.05, 0) is 31.4 Å². The summed E-state index contributed by atoms with van der Waals surface area (Å²) in [7, 11) is 0. The molecule has 2 amide bonds. The minimum Gasteiger partial charge on any atom is -0.383 e. The van der Waals surface area contributed by atoms with Crippen LogP contribution in [0.3, 0.4) is 0 Å². The maximum atomic E-state index is 13.8. The number of nitrogens with one attached hydrogen (secondary N) is 2. The molecule has 0 saturated heterocycles. The SMILES string of the molecule is O=C(NCCNC(=O)C(F)(F)C1(O)CCC1)c1ccccc1F. The van der Waals surface area contributed by atoms with Crippen LogP contribution in [-0.4, -0.2) is 41.5 Å². The van der Waals surface area contributed by atoms with Crippen molar-refractivity contribution in [1.29, 1.82) is 0 Å². The normalized spacial score (nSPS) is 16.3. The first kappa shape index (κ1) is 17.3. The van der Waals surface area contributed by atoms with E-state index in [2.05, 4.69) is 5.32 Å². The Morgan fingerprint density at radius 3 is 2.35 bits per heavy atom. The molecule has 1 aliphatic rings. The van der Waals surface area contributed by atoms with Crippen LogP contribution in [0.15, 0.2) is 24.3 Å². The smallest absolute Gasteiger partial charge is 0.352 e. The molecule has 1 aliphatic carbocycles. The van der Waals surface area contributed by atoms with Gasteiger partial charge in [0, 0.05) is 13.1 Å². The first-order valence-electron chi connectivity index (χ1n) is 7.19. The van der Waals surface area contributed by atoms with Crippen LogP contribution < -0.4 is 10.6 Å². The zero-order chi connectivity index (χ0) is 17.1. The van der Waals surface area contributed by atoms with E-state index in [1.807, 2.05) is 5.32 Å². The molecule has 2 rings (SSSR count). The fraction of sp³-hybridized carbons (Fsp3) is 0.467. The molecule has 3 N–H and O–H groups in total. The molecule has 0 bridgehead atoms. The minimum atomic E-state index is -3.87. The molecule has 8 heteroatoms. The van der Waals surface area contributed by atoms with Gasteiger partial charge in [0.25, 0.3) is 11.8 Å². The zero-order valence-electron chi connectivity index (χ0n) is 12.2. The highest BCUT2D eigenvalue weighted by Gasteiger charge is 2.60. The van der Waals surface area contributed by atoms with Crippen molar-refractivity contribution in [1.82, 2.24) is 10.6 Å². The summed E-state index contributed by atoms with van der Waals surface area (Å²) in [6, 6.07) is 5.32. The molecule has 1 aromatic carbocycles. The van der Waals surface area contributed by atoms with Gasteiger partial charge in [0.1, 0.15) is 11.4 Å². The van der Waals surface area contributed by atoms with Crippen molar-refractivity contribution in [2.45, 2.75) is 30.8 Å². The Kier molecular flexibility index (Phi) is 4.93. The Labute approximate surface area is 130 Å². The highest BCUT2D eigenvalue weighted by Crippen LogP contribution is 2.44. The number of carbonyl (C=O) groups excluding carboxylic acids is 2. The Balaban J connectivity index is 1.78. The van der Waals surface area contributed by atoms with Crippen LogP contribution in [0.2, 0.25) is 0 Å². The molecule has 1 fully saturated rings. The summed E-state index contributed by atoms with van der Waals surface area (Å²) in [4.78, 5) is 23.1. The van der Waals surface area contributed by atoms with E-state index in [1.165, 1.54) is 18.2 Å². The second-order valence-electron chi connectivity index (χ2n) is 5.45. The Morgan fingerprint density at radius 2 is 1.78 bits per heavy atom. The van der Waals surface area contributed by atoms with E-state index < -0.39 is 29.2 Å². The Morgan fingerprint density at radius 1 is 1.17 bits per heavy atom. The van der Waals surface area contributed by atoms with Gasteiger partial charge in [-0.1, -0.05) is 12.1 Å². The fourth-order valence-electron chi connectivity index (χ4n) is 2.24. The van der Waals surface area contributed by atoms with Gasteiger partial charge in [-0.15, -0.1) is 0 Å². The maximum Gasteiger partial charge on any atom is 0.352 e. The van der Waals surface area contributed by atoms with Crippen LogP contribution in [0.4, 0.5) is 13.2 Å². The summed E-state index contributed by atoms with van der Waals surface area (Å²) in [5.41, 5.74) is -2.46. The van der Waals surface area contributed by atoms with Gasteiger partial charge in [0.2, 0.25) is 0 Å². The first-order chi connectivity index (χ1) is 10.8. The molecule has 126 valence electrons. The number of aliphatic hydroxyl groups is 1. The number of halogens is 3. The van der Waals surface area contributed by atoms with Crippen molar-refractivity contribution >= 4 is 11.8 Å². The van der Waals surface area contributed by atoms with Crippen LogP contribution in [-0.2, 0) is 4.79 Å². The van der Waals surface area contributed by atoms with E-state index >= 15 is 0 Å². The quantitative estimate of drug-likeness (QED) is 0.686. The molecule has 1 aromatic rings. The molecule has 0 aromatic heterocycles. The summed E-state index contributed by atoms with van der Waals surface area (Å²) in [5.74, 6) is -6.87. The summed E-state index contributed by atoms with van der Waals surface area (Å²) in [6.45, 7) is -0.405. The van der Waals surface area contributed by atoms with E-state index in [9.17, 15) is 27.9 Å². The molecular formula is C15H17F3N2O3. The number of rotatable bonds is 6. The maximum absolute atomic E-state index is 13.8. The lowest BCUT2D eigenvalue weighted by Crippen LogP contribution is -2.61. The molecule has 0 atom stereocenters. The topological polar surface area (TPSA) is 78.4 Å². The number of hydrogen-bond acceptors (Lipinski definition) is 3. The van der Waals surface area contributed by atoms with E-state index in [-0.39, 0.29) is 31.5 Å². The Bertz CT molecular complexity index is 603. The summed E-state index contributed by atoms with van der Waals surface area (Å²) >= 11 is 0. The van der Waals surface area contributed by atoms with E-state index in [1.54, 1.807) is 0 Å². The van der Waals surface area contributed by atoms with E-state index in [0.717, 1.165) is 6.07 Å². The third-order valence-corrected chi connectivity index (χ3v) is 3.86. The fourth-order valence-corrected chi connectivity index (χ4v) is 2.24. The van der Waals surface area contributed by atoms with Crippen molar-refractivity contribution in [3.63, 3.8) is 0 Å². The number of hydrogen-bond donors (Lipinski definition) is 3. The van der Waals surface area contributed by atoms with Crippen molar-refractivity contribution in [3.8, 4) is 0 Å². The van der Waals surface area contributed by atoms with E-state index in [0.29, 0.717) is 6.42 Å². The average Bonchev–Trinajstić information content (AvgIpc) is 2.48. The standard InChI is InChI=1S/C15H17F3N2O3/c16-11-5-2-1-4-10(11)12(21)19-8-9-20-13(22)15(17,18)14(23)6-3-7-14/h1-2,4-5,23H,3,6-9H2,(H,19,21)(H,20,22). The third kappa shape index (κ3) is 3.47. The predicted molar refractivity (Wildman–Crippen MR) is 75.5 cm³/mol. The zero-order valence-corrected chi connectivity index (χ0v) is 12.2. The first-order valence-corrected chi connectivity index (χ1v) is 7.19. The van der Waals surface area contributed by atoms with Gasteiger partial charge in [0.15, 0.2) is 0 Å². The Hall–Kier alpha value is -2.09. The molecule has 0 unspecified atom stereocenters. The van der Waals surface area contributed by atoms with Gasteiger partial charge in [0.05, 0.1) is 5.56 Å². The molecular weight excluding hydrogens is 313 g/mol.